The minimum absolute atomic E-state index is 0.257. The number of benzene rings is 3. The highest BCUT2D eigenvalue weighted by Crippen LogP contribution is 2.31. The Balaban J connectivity index is 1.88. The van der Waals surface area contributed by atoms with Crippen LogP contribution in [0.5, 0.6) is 5.75 Å². The van der Waals surface area contributed by atoms with Crippen LogP contribution in [-0.2, 0) is 0 Å². The summed E-state index contributed by atoms with van der Waals surface area (Å²) in [7, 11) is 0. The first-order valence-corrected chi connectivity index (χ1v) is 7.76. The molecule has 0 bridgehead atoms. The Hall–Kier alpha value is -3.33. The van der Waals surface area contributed by atoms with Crippen LogP contribution in [0.4, 0.5) is 5.82 Å². The molecule has 0 radical (unpaired) electrons. The number of nitrogen functional groups attached to an aromatic ring is 1. The van der Waals surface area contributed by atoms with E-state index in [9.17, 15) is 5.11 Å². The van der Waals surface area contributed by atoms with E-state index < -0.39 is 0 Å². The second-order valence-electron chi connectivity index (χ2n) is 5.75. The lowest BCUT2D eigenvalue weighted by Gasteiger charge is -2.09. The van der Waals surface area contributed by atoms with Crippen LogP contribution in [0.1, 0.15) is 0 Å². The van der Waals surface area contributed by atoms with Crippen molar-refractivity contribution < 1.29 is 5.11 Å². The first kappa shape index (κ1) is 14.3. The fourth-order valence-electron chi connectivity index (χ4n) is 2.91. The van der Waals surface area contributed by atoms with Crippen LogP contribution in [0.15, 0.2) is 78.9 Å². The van der Waals surface area contributed by atoms with Gasteiger partial charge in [0.15, 0.2) is 0 Å². The number of nitrogens with zero attached hydrogens (tertiary/aromatic N) is 1. The molecule has 3 aromatic carbocycles. The van der Waals surface area contributed by atoms with E-state index in [1.165, 1.54) is 0 Å². The molecule has 3 nitrogen and oxygen atoms in total. The Bertz CT molecular complexity index is 1030. The summed E-state index contributed by atoms with van der Waals surface area (Å²) in [6.07, 6.45) is 0. The summed E-state index contributed by atoms with van der Waals surface area (Å²) in [5.74, 6) is 0.784. The second kappa shape index (κ2) is 5.70. The fourth-order valence-corrected chi connectivity index (χ4v) is 2.91. The molecule has 0 fully saturated rings. The third-order valence-electron chi connectivity index (χ3n) is 4.11. The summed E-state index contributed by atoms with van der Waals surface area (Å²) in [6.45, 7) is 0. The van der Waals surface area contributed by atoms with Crippen molar-refractivity contribution in [2.24, 2.45) is 0 Å². The predicted molar refractivity (Wildman–Crippen MR) is 98.7 cm³/mol. The average molecular weight is 312 g/mol. The smallest absolute Gasteiger partial charge is 0.131 e. The number of pyridine rings is 1. The van der Waals surface area contributed by atoms with Crippen LogP contribution in [0.3, 0.4) is 0 Å². The van der Waals surface area contributed by atoms with Crippen molar-refractivity contribution in [1.29, 1.82) is 0 Å². The molecular weight excluding hydrogens is 296 g/mol. The van der Waals surface area contributed by atoms with Gasteiger partial charge in [0.1, 0.15) is 11.6 Å². The van der Waals surface area contributed by atoms with Gasteiger partial charge in [-0.15, -0.1) is 0 Å². The van der Waals surface area contributed by atoms with Gasteiger partial charge in [0.05, 0.1) is 5.52 Å². The normalized spacial score (nSPS) is 10.8. The monoisotopic (exact) mass is 312 g/mol. The standard InChI is InChI=1S/C21H16N2O/c22-21-19(14-5-2-1-3-6-14)13-17-11-16(9-10-20(17)23-21)15-7-4-8-18(24)12-15/h1-13,24H,(H2,22,23). The van der Waals surface area contributed by atoms with Crippen LogP contribution in [0.2, 0.25) is 0 Å². The summed E-state index contributed by atoms with van der Waals surface area (Å²) in [4.78, 5) is 4.53. The van der Waals surface area contributed by atoms with E-state index in [2.05, 4.69) is 17.1 Å². The third kappa shape index (κ3) is 2.57. The second-order valence-corrected chi connectivity index (χ2v) is 5.75. The number of nitrogens with two attached hydrogens (primary N) is 1. The lowest BCUT2D eigenvalue weighted by Crippen LogP contribution is -1.95. The first-order valence-electron chi connectivity index (χ1n) is 7.76. The molecule has 0 atom stereocenters. The van der Waals surface area contributed by atoms with Gasteiger partial charge in [-0.1, -0.05) is 48.5 Å². The Morgan fingerprint density at radius 3 is 2.25 bits per heavy atom. The zero-order valence-electron chi connectivity index (χ0n) is 13.0. The molecule has 3 N–H and O–H groups in total. The molecule has 0 saturated heterocycles. The highest BCUT2D eigenvalue weighted by molar-refractivity contribution is 5.91. The molecule has 0 aliphatic carbocycles. The Labute approximate surface area is 140 Å². The van der Waals surface area contributed by atoms with Crippen LogP contribution in [0, 0.1) is 0 Å². The van der Waals surface area contributed by atoms with Crippen molar-refractivity contribution >= 4 is 16.7 Å². The highest BCUT2D eigenvalue weighted by Gasteiger charge is 2.08. The Kier molecular flexibility index (Phi) is 3.39. The average Bonchev–Trinajstić information content (AvgIpc) is 2.61. The van der Waals surface area contributed by atoms with Crippen molar-refractivity contribution in [2.75, 3.05) is 5.73 Å². The van der Waals surface area contributed by atoms with E-state index in [1.54, 1.807) is 12.1 Å². The van der Waals surface area contributed by atoms with Crippen molar-refractivity contribution in [3.8, 4) is 28.0 Å². The predicted octanol–water partition coefficient (Wildman–Crippen LogP) is 4.86. The molecule has 0 aliphatic heterocycles. The fraction of sp³-hybridized carbons (Fsp3) is 0. The van der Waals surface area contributed by atoms with Gasteiger partial charge in [-0.2, -0.15) is 0 Å². The summed E-state index contributed by atoms with van der Waals surface area (Å²) in [6, 6.07) is 25.3. The number of rotatable bonds is 2. The number of aromatic hydroxyl groups is 1. The SMILES string of the molecule is Nc1nc2ccc(-c3cccc(O)c3)cc2cc1-c1ccccc1. The zero-order valence-corrected chi connectivity index (χ0v) is 13.0. The van der Waals surface area contributed by atoms with Crippen LogP contribution < -0.4 is 5.73 Å². The number of phenolic OH excluding ortho intramolecular Hbond substituents is 1. The largest absolute Gasteiger partial charge is 0.508 e. The van der Waals surface area contributed by atoms with E-state index >= 15 is 0 Å². The van der Waals surface area contributed by atoms with E-state index in [1.807, 2.05) is 54.6 Å². The summed E-state index contributed by atoms with van der Waals surface area (Å²) in [5.41, 5.74) is 11.0. The van der Waals surface area contributed by atoms with Crippen molar-refractivity contribution in [1.82, 2.24) is 4.98 Å². The quantitative estimate of drug-likeness (QED) is 0.556. The minimum Gasteiger partial charge on any atom is -0.508 e. The molecule has 1 aromatic heterocycles. The van der Waals surface area contributed by atoms with Gasteiger partial charge in [0.2, 0.25) is 0 Å². The van der Waals surface area contributed by atoms with Gasteiger partial charge in [-0.05, 0) is 47.0 Å². The lowest BCUT2D eigenvalue weighted by atomic mass is 10.00. The maximum absolute atomic E-state index is 9.69. The summed E-state index contributed by atoms with van der Waals surface area (Å²) in [5, 5.41) is 10.7. The third-order valence-corrected chi connectivity index (χ3v) is 4.11. The molecule has 0 aliphatic rings. The van der Waals surface area contributed by atoms with Crippen molar-refractivity contribution in [3.63, 3.8) is 0 Å². The van der Waals surface area contributed by atoms with Gasteiger partial charge >= 0.3 is 0 Å². The molecular formula is C21H16N2O. The van der Waals surface area contributed by atoms with E-state index in [0.717, 1.165) is 33.2 Å². The van der Waals surface area contributed by atoms with E-state index in [0.29, 0.717) is 5.82 Å². The lowest BCUT2D eigenvalue weighted by molar-refractivity contribution is 0.475. The molecule has 1 heterocycles. The summed E-state index contributed by atoms with van der Waals surface area (Å²) < 4.78 is 0. The number of hydrogen-bond donors (Lipinski definition) is 2. The van der Waals surface area contributed by atoms with Crippen molar-refractivity contribution in [2.45, 2.75) is 0 Å². The maximum Gasteiger partial charge on any atom is 0.131 e. The van der Waals surface area contributed by atoms with Gasteiger partial charge in [-0.3, -0.25) is 0 Å². The Morgan fingerprint density at radius 2 is 1.46 bits per heavy atom. The zero-order chi connectivity index (χ0) is 16.5. The number of fused-ring (bicyclic) bond motifs is 1. The van der Waals surface area contributed by atoms with Crippen LogP contribution in [-0.4, -0.2) is 10.1 Å². The molecule has 0 saturated carbocycles. The molecule has 24 heavy (non-hydrogen) atoms. The number of aromatic nitrogens is 1. The molecule has 4 aromatic rings. The van der Waals surface area contributed by atoms with E-state index in [4.69, 9.17) is 5.73 Å². The van der Waals surface area contributed by atoms with E-state index in [-0.39, 0.29) is 5.75 Å². The molecule has 0 amide bonds. The Morgan fingerprint density at radius 1 is 0.708 bits per heavy atom. The first-order chi connectivity index (χ1) is 11.7. The van der Waals surface area contributed by atoms with Crippen LogP contribution in [0.25, 0.3) is 33.2 Å². The molecule has 116 valence electrons. The minimum atomic E-state index is 0.257. The highest BCUT2D eigenvalue weighted by atomic mass is 16.3. The molecule has 0 unspecified atom stereocenters. The number of hydrogen-bond acceptors (Lipinski definition) is 3. The summed E-state index contributed by atoms with van der Waals surface area (Å²) >= 11 is 0. The topological polar surface area (TPSA) is 59.1 Å². The molecule has 4 rings (SSSR count). The van der Waals surface area contributed by atoms with Gasteiger partial charge < -0.3 is 10.8 Å². The number of phenols is 1. The van der Waals surface area contributed by atoms with Gasteiger partial charge in [0, 0.05) is 10.9 Å². The molecule has 3 heteroatoms. The number of anilines is 1. The van der Waals surface area contributed by atoms with Crippen LogP contribution >= 0.6 is 0 Å². The van der Waals surface area contributed by atoms with Crippen molar-refractivity contribution in [3.05, 3.63) is 78.9 Å². The molecule has 0 spiro atoms. The van der Waals surface area contributed by atoms with Gasteiger partial charge in [-0.25, -0.2) is 4.98 Å². The maximum atomic E-state index is 9.69. The van der Waals surface area contributed by atoms with Gasteiger partial charge in [0.25, 0.3) is 0 Å².